The highest BCUT2D eigenvalue weighted by atomic mass is 19.1. The minimum Gasteiger partial charge on any atom is -0.474 e. The molecule has 1 saturated heterocycles. The highest BCUT2D eigenvalue weighted by molar-refractivity contribution is 5.74. The molecular weight excluding hydrogens is 273 g/mol. The molecule has 2 heterocycles. The summed E-state index contributed by atoms with van der Waals surface area (Å²) < 4.78 is 25.0. The lowest BCUT2D eigenvalue weighted by atomic mass is 10.2. The van der Waals surface area contributed by atoms with E-state index in [1.807, 2.05) is 24.0 Å². The second kappa shape index (κ2) is 6.30. The van der Waals surface area contributed by atoms with Crippen molar-refractivity contribution in [2.75, 3.05) is 49.6 Å². The Bertz CT molecular complexity index is 530. The molecule has 5 nitrogen and oxygen atoms in total. The van der Waals surface area contributed by atoms with Crippen LogP contribution in [0, 0.1) is 5.82 Å². The summed E-state index contributed by atoms with van der Waals surface area (Å²) in [5.74, 6) is 0.511. The number of rotatable bonds is 4. The third kappa shape index (κ3) is 3.44. The van der Waals surface area contributed by atoms with E-state index < -0.39 is 0 Å². The molecular formula is C15H20FN3O2. The van der Waals surface area contributed by atoms with Crippen LogP contribution in [0.4, 0.5) is 15.8 Å². The van der Waals surface area contributed by atoms with Gasteiger partial charge in [0, 0.05) is 25.7 Å². The number of morpholine rings is 1. The minimum absolute atomic E-state index is 0.0342. The molecule has 1 unspecified atom stereocenters. The number of nitrogens with zero attached hydrogens (tertiary/aromatic N) is 2. The molecule has 1 aromatic rings. The largest absolute Gasteiger partial charge is 0.474 e. The Morgan fingerprint density at radius 3 is 2.86 bits per heavy atom. The molecule has 21 heavy (non-hydrogen) atoms. The highest BCUT2D eigenvalue weighted by Crippen LogP contribution is 2.23. The fourth-order valence-electron chi connectivity index (χ4n) is 2.56. The molecule has 1 atom stereocenters. The van der Waals surface area contributed by atoms with Gasteiger partial charge in [0.1, 0.15) is 11.9 Å². The molecule has 0 radical (unpaired) electrons. The van der Waals surface area contributed by atoms with Crippen LogP contribution in [0.25, 0.3) is 0 Å². The zero-order valence-electron chi connectivity index (χ0n) is 12.1. The van der Waals surface area contributed by atoms with E-state index in [0.29, 0.717) is 32.0 Å². The van der Waals surface area contributed by atoms with Crippen molar-refractivity contribution in [1.29, 1.82) is 0 Å². The van der Waals surface area contributed by atoms with Crippen molar-refractivity contribution in [2.24, 2.45) is 4.99 Å². The van der Waals surface area contributed by atoms with Crippen molar-refractivity contribution in [2.45, 2.75) is 13.0 Å². The molecule has 0 aromatic heterocycles. The number of aliphatic imine (C=N–C) groups is 1. The second-order valence-electron chi connectivity index (χ2n) is 5.25. The quantitative estimate of drug-likeness (QED) is 0.921. The zero-order chi connectivity index (χ0) is 14.7. The first-order valence-corrected chi connectivity index (χ1v) is 7.26. The average molecular weight is 293 g/mol. The standard InChI is InChI=1S/C15H20FN3O2/c1-11-17-9-13(21-11)10-18-12-2-3-15(14(16)8-12)19-4-6-20-7-5-19/h2-3,8,13,18H,4-7,9-10H2,1H3. The van der Waals surface area contributed by atoms with Crippen molar-refractivity contribution in [3.05, 3.63) is 24.0 Å². The number of anilines is 2. The number of halogens is 1. The molecule has 3 rings (SSSR count). The molecule has 2 aliphatic rings. The van der Waals surface area contributed by atoms with Gasteiger partial charge in [-0.25, -0.2) is 4.39 Å². The van der Waals surface area contributed by atoms with E-state index in [-0.39, 0.29) is 11.9 Å². The van der Waals surface area contributed by atoms with Crippen LogP contribution in [0.3, 0.4) is 0 Å². The van der Waals surface area contributed by atoms with Gasteiger partial charge >= 0.3 is 0 Å². The van der Waals surface area contributed by atoms with Gasteiger partial charge in [-0.3, -0.25) is 4.99 Å². The van der Waals surface area contributed by atoms with Gasteiger partial charge in [-0.1, -0.05) is 0 Å². The van der Waals surface area contributed by atoms with Crippen LogP contribution in [-0.4, -0.2) is 51.4 Å². The van der Waals surface area contributed by atoms with E-state index in [1.165, 1.54) is 6.07 Å². The highest BCUT2D eigenvalue weighted by Gasteiger charge is 2.18. The predicted molar refractivity (Wildman–Crippen MR) is 80.8 cm³/mol. The summed E-state index contributed by atoms with van der Waals surface area (Å²) in [4.78, 5) is 6.20. The third-order valence-corrected chi connectivity index (χ3v) is 3.69. The minimum atomic E-state index is -0.207. The van der Waals surface area contributed by atoms with E-state index in [0.717, 1.165) is 24.7 Å². The van der Waals surface area contributed by atoms with Crippen LogP contribution in [0.5, 0.6) is 0 Å². The van der Waals surface area contributed by atoms with Gasteiger partial charge in [0.2, 0.25) is 0 Å². The maximum Gasteiger partial charge on any atom is 0.180 e. The average Bonchev–Trinajstić information content (AvgIpc) is 2.92. The number of hydrogen-bond acceptors (Lipinski definition) is 5. The van der Waals surface area contributed by atoms with Crippen LogP contribution in [0.1, 0.15) is 6.92 Å². The van der Waals surface area contributed by atoms with Gasteiger partial charge in [0.25, 0.3) is 0 Å². The van der Waals surface area contributed by atoms with E-state index in [4.69, 9.17) is 9.47 Å². The van der Waals surface area contributed by atoms with Gasteiger partial charge in [-0.05, 0) is 18.2 Å². The van der Waals surface area contributed by atoms with E-state index >= 15 is 0 Å². The summed E-state index contributed by atoms with van der Waals surface area (Å²) in [6.07, 6.45) is 0.0342. The monoisotopic (exact) mass is 293 g/mol. The van der Waals surface area contributed by atoms with Crippen LogP contribution in [0.2, 0.25) is 0 Å². The predicted octanol–water partition coefficient (Wildman–Crippen LogP) is 1.89. The van der Waals surface area contributed by atoms with Gasteiger partial charge in [-0.15, -0.1) is 0 Å². The molecule has 2 aliphatic heterocycles. The fraction of sp³-hybridized carbons (Fsp3) is 0.533. The third-order valence-electron chi connectivity index (χ3n) is 3.69. The molecule has 0 amide bonds. The van der Waals surface area contributed by atoms with Crippen molar-refractivity contribution in [1.82, 2.24) is 0 Å². The topological polar surface area (TPSA) is 46.1 Å². The number of benzene rings is 1. The molecule has 0 saturated carbocycles. The smallest absolute Gasteiger partial charge is 0.180 e. The second-order valence-corrected chi connectivity index (χ2v) is 5.25. The van der Waals surface area contributed by atoms with Crippen molar-refractivity contribution in [3.63, 3.8) is 0 Å². The summed E-state index contributed by atoms with van der Waals surface area (Å²) >= 11 is 0. The first-order chi connectivity index (χ1) is 10.2. The Morgan fingerprint density at radius 2 is 2.19 bits per heavy atom. The molecule has 0 spiro atoms. The molecule has 0 bridgehead atoms. The number of ether oxygens (including phenoxy) is 2. The van der Waals surface area contributed by atoms with Crippen LogP contribution in [-0.2, 0) is 9.47 Å². The molecule has 1 fully saturated rings. The molecule has 1 aromatic carbocycles. The Balaban J connectivity index is 1.58. The van der Waals surface area contributed by atoms with Gasteiger partial charge in [-0.2, -0.15) is 0 Å². The maximum atomic E-state index is 14.2. The van der Waals surface area contributed by atoms with Crippen molar-refractivity contribution < 1.29 is 13.9 Å². The van der Waals surface area contributed by atoms with Gasteiger partial charge in [0.05, 0.1) is 32.0 Å². The van der Waals surface area contributed by atoms with E-state index in [9.17, 15) is 4.39 Å². The molecule has 6 heteroatoms. The van der Waals surface area contributed by atoms with Crippen molar-refractivity contribution >= 4 is 17.3 Å². The Kier molecular flexibility index (Phi) is 4.24. The van der Waals surface area contributed by atoms with Gasteiger partial charge < -0.3 is 19.7 Å². The fourth-order valence-corrected chi connectivity index (χ4v) is 2.56. The van der Waals surface area contributed by atoms with E-state index in [1.54, 1.807) is 0 Å². The number of nitrogens with one attached hydrogen (secondary N) is 1. The first-order valence-electron chi connectivity index (χ1n) is 7.26. The summed E-state index contributed by atoms with van der Waals surface area (Å²) in [6.45, 7) is 5.89. The molecule has 1 N–H and O–H groups in total. The first kappa shape index (κ1) is 14.1. The number of hydrogen-bond donors (Lipinski definition) is 1. The lowest BCUT2D eigenvalue weighted by molar-refractivity contribution is 0.122. The molecule has 0 aliphatic carbocycles. The van der Waals surface area contributed by atoms with Gasteiger partial charge in [0.15, 0.2) is 5.90 Å². The Morgan fingerprint density at radius 1 is 1.38 bits per heavy atom. The maximum absolute atomic E-state index is 14.2. The summed E-state index contributed by atoms with van der Waals surface area (Å²) in [5.41, 5.74) is 1.40. The molecule has 114 valence electrons. The Labute approximate surface area is 123 Å². The lowest BCUT2D eigenvalue weighted by Gasteiger charge is -2.29. The summed E-state index contributed by atoms with van der Waals surface area (Å²) in [6, 6.07) is 5.25. The zero-order valence-corrected chi connectivity index (χ0v) is 12.1. The van der Waals surface area contributed by atoms with E-state index in [2.05, 4.69) is 10.3 Å². The van der Waals surface area contributed by atoms with Crippen molar-refractivity contribution in [3.8, 4) is 0 Å². The summed E-state index contributed by atoms with van der Waals surface area (Å²) in [5, 5.41) is 3.20. The summed E-state index contributed by atoms with van der Waals surface area (Å²) in [7, 11) is 0. The Hall–Kier alpha value is -1.82. The van der Waals surface area contributed by atoms with Crippen LogP contribution >= 0.6 is 0 Å². The normalized spacial score (nSPS) is 21.9. The SMILES string of the molecule is CC1=NCC(CNc2ccc(N3CCOCC3)c(F)c2)O1. The lowest BCUT2D eigenvalue weighted by Crippen LogP contribution is -2.36. The van der Waals surface area contributed by atoms with Crippen LogP contribution in [0.15, 0.2) is 23.2 Å². The van der Waals surface area contributed by atoms with Crippen LogP contribution < -0.4 is 10.2 Å².